The summed E-state index contributed by atoms with van der Waals surface area (Å²) >= 11 is 4.81. The first kappa shape index (κ1) is 17.5. The average molecular weight is 369 g/mol. The van der Waals surface area contributed by atoms with Gasteiger partial charge >= 0.3 is 12.1 Å². The molecule has 1 atom stereocenters. The van der Waals surface area contributed by atoms with Crippen LogP contribution in [0.3, 0.4) is 0 Å². The molecule has 2 heterocycles. The molecule has 8 nitrogen and oxygen atoms in total. The van der Waals surface area contributed by atoms with Gasteiger partial charge in [0.15, 0.2) is 6.10 Å². The van der Waals surface area contributed by atoms with Crippen molar-refractivity contribution in [2.45, 2.75) is 6.10 Å². The Morgan fingerprint density at radius 3 is 2.80 bits per heavy atom. The SMILES string of the molecule is NC(=O)[N+](=S)C[C@@H]1CN(c2cccc(F)c2N2CCOCC2)C(=O)O1. The number of benzene rings is 1. The number of primary amides is 1. The summed E-state index contributed by atoms with van der Waals surface area (Å²) in [6.07, 6.45) is -1.24. The molecule has 0 spiro atoms. The zero-order chi connectivity index (χ0) is 18.0. The van der Waals surface area contributed by atoms with Gasteiger partial charge in [-0.3, -0.25) is 4.90 Å². The molecule has 0 unspecified atom stereocenters. The van der Waals surface area contributed by atoms with Crippen LogP contribution in [0.1, 0.15) is 0 Å². The van der Waals surface area contributed by atoms with E-state index in [4.69, 9.17) is 27.6 Å². The van der Waals surface area contributed by atoms with Crippen LogP contribution in [0.5, 0.6) is 0 Å². The fraction of sp³-hybridized carbons (Fsp3) is 0.467. The largest absolute Gasteiger partial charge is 0.501 e. The Morgan fingerprint density at radius 1 is 1.40 bits per heavy atom. The van der Waals surface area contributed by atoms with Gasteiger partial charge in [-0.05, 0) is 12.1 Å². The van der Waals surface area contributed by atoms with Crippen LogP contribution in [0.25, 0.3) is 0 Å². The normalized spacial score (nSPS) is 20.5. The van der Waals surface area contributed by atoms with Crippen molar-refractivity contribution in [2.75, 3.05) is 49.2 Å². The third-order valence-electron chi connectivity index (χ3n) is 4.07. The van der Waals surface area contributed by atoms with Crippen molar-refractivity contribution in [2.24, 2.45) is 5.73 Å². The zero-order valence-electron chi connectivity index (χ0n) is 13.4. The second kappa shape index (κ2) is 7.28. The lowest BCUT2D eigenvalue weighted by atomic mass is 10.2. The number of cyclic esters (lactones) is 1. The topological polar surface area (TPSA) is 88.1 Å². The van der Waals surface area contributed by atoms with E-state index in [1.54, 1.807) is 6.07 Å². The number of anilines is 2. The van der Waals surface area contributed by atoms with Gasteiger partial charge in [0.2, 0.25) is 0 Å². The van der Waals surface area contributed by atoms with E-state index in [9.17, 15) is 14.0 Å². The molecule has 1 aromatic rings. The van der Waals surface area contributed by atoms with Gasteiger partial charge in [0.05, 0.1) is 31.1 Å². The minimum atomic E-state index is -0.788. The van der Waals surface area contributed by atoms with Gasteiger partial charge in [-0.25, -0.2) is 14.9 Å². The summed E-state index contributed by atoms with van der Waals surface area (Å²) in [6.45, 7) is 2.19. The van der Waals surface area contributed by atoms with Crippen LogP contribution in [0.15, 0.2) is 18.2 Å². The molecule has 0 aromatic heterocycles. The van der Waals surface area contributed by atoms with Gasteiger partial charge in [0.1, 0.15) is 24.8 Å². The third kappa shape index (κ3) is 3.69. The number of halogens is 1. The van der Waals surface area contributed by atoms with Crippen LogP contribution in [0, 0.1) is 5.82 Å². The van der Waals surface area contributed by atoms with E-state index in [0.29, 0.717) is 37.7 Å². The van der Waals surface area contributed by atoms with E-state index in [0.717, 1.165) is 3.95 Å². The second-order valence-corrected chi connectivity index (χ2v) is 6.16. The third-order valence-corrected chi connectivity index (χ3v) is 4.40. The predicted molar refractivity (Wildman–Crippen MR) is 89.1 cm³/mol. The molecule has 25 heavy (non-hydrogen) atoms. The first-order chi connectivity index (χ1) is 12.0. The monoisotopic (exact) mass is 369 g/mol. The number of carbonyl (C=O) groups is 2. The van der Waals surface area contributed by atoms with E-state index >= 15 is 0 Å². The highest BCUT2D eigenvalue weighted by Gasteiger charge is 2.37. The number of hydrogen-bond donors (Lipinski definition) is 1. The molecule has 0 aliphatic carbocycles. The zero-order valence-corrected chi connectivity index (χ0v) is 14.2. The number of ether oxygens (including phenoxy) is 2. The van der Waals surface area contributed by atoms with E-state index < -0.39 is 24.0 Å². The van der Waals surface area contributed by atoms with Crippen LogP contribution < -0.4 is 15.5 Å². The van der Waals surface area contributed by atoms with Crippen molar-refractivity contribution in [3.05, 3.63) is 24.0 Å². The molecule has 0 bridgehead atoms. The number of hydrogen-bond acceptors (Lipinski definition) is 6. The minimum absolute atomic E-state index is 0.00485. The molecular formula is C15H18FN4O4S+. The standard InChI is InChI=1S/C15H17FN4O4S/c16-11-2-1-3-12(13(11)18-4-6-23-7-5-18)19-8-10(24-15(19)22)9-20(25)14(17)21/h1-3,10H,4-9H2,(H-,17,21)/p+1/t10-/m0/s1. The van der Waals surface area contributed by atoms with E-state index in [1.807, 2.05) is 4.90 Å². The van der Waals surface area contributed by atoms with Gasteiger partial charge in [0, 0.05) is 13.1 Å². The Hall–Kier alpha value is -2.33. The quantitative estimate of drug-likeness (QED) is 0.791. The highest BCUT2D eigenvalue weighted by molar-refractivity contribution is 7.44. The van der Waals surface area contributed by atoms with Gasteiger partial charge in [-0.1, -0.05) is 6.07 Å². The first-order valence-corrected chi connectivity index (χ1v) is 8.17. The summed E-state index contributed by atoms with van der Waals surface area (Å²) < 4.78 is 25.9. The molecule has 0 saturated carbocycles. The molecule has 0 radical (unpaired) electrons. The van der Waals surface area contributed by atoms with Crippen molar-refractivity contribution in [3.8, 4) is 0 Å². The molecule has 2 aliphatic rings. The van der Waals surface area contributed by atoms with Crippen molar-refractivity contribution in [1.29, 1.82) is 0 Å². The number of carbonyl (C=O) groups excluding carboxylic acids is 2. The fourth-order valence-corrected chi connectivity index (χ4v) is 3.08. The fourth-order valence-electron chi connectivity index (χ4n) is 2.91. The molecule has 134 valence electrons. The van der Waals surface area contributed by atoms with Crippen LogP contribution in [0.2, 0.25) is 0 Å². The summed E-state index contributed by atoms with van der Waals surface area (Å²) in [4.78, 5) is 26.5. The Morgan fingerprint density at radius 2 is 2.12 bits per heavy atom. The molecule has 3 amide bonds. The van der Waals surface area contributed by atoms with Gasteiger partial charge in [-0.2, -0.15) is 4.79 Å². The maximum absolute atomic E-state index is 14.5. The van der Waals surface area contributed by atoms with Crippen LogP contribution in [-0.2, 0) is 21.9 Å². The number of amides is 3. The molecule has 2 aliphatic heterocycles. The smallest absolute Gasteiger partial charge is 0.440 e. The predicted octanol–water partition coefficient (Wildman–Crippen LogP) is 0.809. The van der Waals surface area contributed by atoms with Crippen molar-refractivity contribution in [1.82, 2.24) is 0 Å². The molecule has 2 saturated heterocycles. The van der Waals surface area contributed by atoms with Gasteiger partial charge in [-0.15, -0.1) is 3.95 Å². The summed E-state index contributed by atoms with van der Waals surface area (Å²) in [6, 6.07) is 3.77. The van der Waals surface area contributed by atoms with Crippen LogP contribution in [-0.4, -0.2) is 61.6 Å². The molecule has 3 rings (SSSR count). The maximum Gasteiger partial charge on any atom is 0.501 e. The van der Waals surface area contributed by atoms with Crippen LogP contribution >= 0.6 is 0 Å². The van der Waals surface area contributed by atoms with E-state index in [1.165, 1.54) is 17.0 Å². The van der Waals surface area contributed by atoms with Crippen LogP contribution in [0.4, 0.5) is 25.4 Å². The van der Waals surface area contributed by atoms with E-state index in [2.05, 4.69) is 0 Å². The number of urea groups is 1. The molecule has 2 N–H and O–H groups in total. The molecular weight excluding hydrogens is 351 g/mol. The van der Waals surface area contributed by atoms with Crippen molar-refractivity contribution < 1.29 is 27.4 Å². The lowest BCUT2D eigenvalue weighted by molar-refractivity contribution is -0.405. The maximum atomic E-state index is 14.5. The minimum Gasteiger partial charge on any atom is -0.440 e. The van der Waals surface area contributed by atoms with Gasteiger partial charge in [0.25, 0.3) is 0 Å². The number of morpholine rings is 1. The lowest BCUT2D eigenvalue weighted by Gasteiger charge is -2.32. The highest BCUT2D eigenvalue weighted by Crippen LogP contribution is 2.35. The number of nitrogens with two attached hydrogens (primary N) is 1. The Labute approximate surface area is 149 Å². The Balaban J connectivity index is 1.84. The summed E-state index contributed by atoms with van der Waals surface area (Å²) in [5.41, 5.74) is 5.86. The highest BCUT2D eigenvalue weighted by atomic mass is 32.1. The average Bonchev–Trinajstić information content (AvgIpc) is 2.95. The van der Waals surface area contributed by atoms with Gasteiger partial charge < -0.3 is 14.4 Å². The van der Waals surface area contributed by atoms with Crippen molar-refractivity contribution >= 4 is 35.9 Å². The summed E-state index contributed by atoms with van der Waals surface area (Å²) in [5.74, 6) is -0.419. The second-order valence-electron chi connectivity index (χ2n) is 5.72. The Bertz CT molecular complexity index is 711. The van der Waals surface area contributed by atoms with E-state index in [-0.39, 0.29) is 13.1 Å². The molecule has 10 heteroatoms. The Kier molecular flexibility index (Phi) is 5.09. The van der Waals surface area contributed by atoms with Crippen molar-refractivity contribution in [3.63, 3.8) is 0 Å². The number of para-hydroxylation sites is 1. The number of rotatable bonds is 4. The molecule has 2 fully saturated rings. The lowest BCUT2D eigenvalue weighted by Crippen LogP contribution is -2.38. The summed E-state index contributed by atoms with van der Waals surface area (Å²) in [5, 5.41) is 0. The summed E-state index contributed by atoms with van der Waals surface area (Å²) in [7, 11) is 0. The molecule has 1 aromatic carbocycles. The number of nitrogens with zero attached hydrogens (tertiary/aromatic N) is 3. The first-order valence-electron chi connectivity index (χ1n) is 7.81.